The number of pyridine rings is 1. The molecule has 0 bridgehead atoms. The maximum Gasteiger partial charge on any atom is 0.270 e. The zero-order chi connectivity index (χ0) is 23.4. The van der Waals surface area contributed by atoms with Gasteiger partial charge in [0.15, 0.2) is 0 Å². The number of likely N-dealkylation sites (N-methyl/N-ethyl adjacent to an activating group) is 1. The molecule has 1 unspecified atom stereocenters. The van der Waals surface area contributed by atoms with E-state index in [0.29, 0.717) is 12.2 Å². The van der Waals surface area contributed by atoms with Crippen LogP contribution in [0, 0.1) is 10.8 Å². The van der Waals surface area contributed by atoms with Gasteiger partial charge in [0.2, 0.25) is 5.91 Å². The average Bonchev–Trinajstić information content (AvgIpc) is 2.64. The first kappa shape index (κ1) is 25.3. The number of fused-ring (bicyclic) bond motifs is 1. The van der Waals surface area contributed by atoms with Gasteiger partial charge in [-0.1, -0.05) is 41.5 Å². The molecule has 0 saturated carbocycles. The van der Waals surface area contributed by atoms with Gasteiger partial charge in [-0.15, -0.1) is 0 Å². The molecular weight excluding hydrogens is 388 g/mol. The quantitative estimate of drug-likeness (QED) is 0.747. The lowest BCUT2D eigenvalue weighted by molar-refractivity contribution is -0.124. The number of amides is 2. The monoisotopic (exact) mass is 430 g/mol. The van der Waals surface area contributed by atoms with Crippen molar-refractivity contribution in [3.05, 3.63) is 28.6 Å². The molecule has 2 rings (SSSR count). The second-order valence-corrected chi connectivity index (χ2v) is 11.2. The van der Waals surface area contributed by atoms with E-state index in [1.807, 2.05) is 20.8 Å². The molecule has 1 aromatic heterocycles. The Kier molecular flexibility index (Phi) is 8.26. The molecule has 0 spiro atoms. The Balaban J connectivity index is 2.47. The van der Waals surface area contributed by atoms with Crippen LogP contribution in [-0.4, -0.2) is 48.4 Å². The summed E-state index contributed by atoms with van der Waals surface area (Å²) in [5, 5.41) is 5.67. The number of hydrogen-bond acceptors (Lipinski definition) is 4. The van der Waals surface area contributed by atoms with Gasteiger partial charge in [0.1, 0.15) is 11.7 Å². The molecule has 0 saturated heterocycles. The fourth-order valence-corrected chi connectivity index (χ4v) is 3.97. The topological polar surface area (TPSA) is 74.3 Å². The Hall–Kier alpha value is -1.95. The third-order valence-corrected chi connectivity index (χ3v) is 5.93. The minimum absolute atomic E-state index is 0.190. The van der Waals surface area contributed by atoms with Crippen molar-refractivity contribution >= 4 is 11.8 Å². The van der Waals surface area contributed by atoms with E-state index in [9.17, 15) is 9.59 Å². The highest BCUT2D eigenvalue weighted by Crippen LogP contribution is 2.26. The summed E-state index contributed by atoms with van der Waals surface area (Å²) in [7, 11) is 3.69. The van der Waals surface area contributed by atoms with E-state index in [0.717, 1.165) is 49.9 Å². The van der Waals surface area contributed by atoms with Crippen LogP contribution >= 0.6 is 0 Å². The van der Waals surface area contributed by atoms with Gasteiger partial charge in [-0.25, -0.2) is 4.98 Å². The molecule has 6 heteroatoms. The highest BCUT2D eigenvalue weighted by Gasteiger charge is 2.33. The number of aryl methyl sites for hydroxylation is 2. The van der Waals surface area contributed by atoms with Crippen molar-refractivity contribution in [2.45, 2.75) is 86.2 Å². The van der Waals surface area contributed by atoms with Gasteiger partial charge < -0.3 is 15.5 Å². The van der Waals surface area contributed by atoms with Gasteiger partial charge >= 0.3 is 0 Å². The predicted octanol–water partition coefficient (Wildman–Crippen LogP) is 3.72. The molecule has 174 valence electrons. The van der Waals surface area contributed by atoms with Gasteiger partial charge in [-0.3, -0.25) is 9.59 Å². The molecular formula is C25H42N4O2. The average molecular weight is 431 g/mol. The summed E-state index contributed by atoms with van der Waals surface area (Å²) < 4.78 is 0. The summed E-state index contributed by atoms with van der Waals surface area (Å²) in [4.78, 5) is 33.1. The van der Waals surface area contributed by atoms with Crippen LogP contribution in [0.5, 0.6) is 0 Å². The zero-order valence-corrected chi connectivity index (χ0v) is 20.8. The number of hydrogen-bond donors (Lipinski definition) is 2. The van der Waals surface area contributed by atoms with Crippen molar-refractivity contribution in [3.8, 4) is 0 Å². The Morgan fingerprint density at radius 2 is 1.84 bits per heavy atom. The van der Waals surface area contributed by atoms with E-state index in [-0.39, 0.29) is 17.2 Å². The molecule has 1 aromatic rings. The van der Waals surface area contributed by atoms with Gasteiger partial charge in [0, 0.05) is 24.8 Å². The van der Waals surface area contributed by atoms with E-state index in [4.69, 9.17) is 4.98 Å². The molecule has 2 heterocycles. The maximum absolute atomic E-state index is 13.5. The number of rotatable bonds is 5. The minimum Gasteiger partial charge on any atom is -0.357 e. The van der Waals surface area contributed by atoms with Gasteiger partial charge in [-0.05, 0) is 68.2 Å². The van der Waals surface area contributed by atoms with Crippen LogP contribution in [0.3, 0.4) is 0 Å². The number of carbonyl (C=O) groups is 2. The van der Waals surface area contributed by atoms with Crippen molar-refractivity contribution in [3.63, 3.8) is 0 Å². The molecule has 1 atom stereocenters. The first-order valence-corrected chi connectivity index (χ1v) is 11.5. The summed E-state index contributed by atoms with van der Waals surface area (Å²) in [5.41, 5.74) is 3.46. The van der Waals surface area contributed by atoms with E-state index in [2.05, 4.69) is 49.4 Å². The first-order valence-electron chi connectivity index (χ1n) is 11.5. The lowest BCUT2D eigenvalue weighted by Gasteiger charge is -2.30. The van der Waals surface area contributed by atoms with Crippen LogP contribution in [-0.2, 0) is 24.2 Å². The SMILES string of the molecule is CNC(=O)C(NC(=O)c1nc(CCC(C)(C)C)cc2c1CN(C)CCCC2)C(C)(C)C. The Bertz CT molecular complexity index is 790. The second kappa shape index (κ2) is 10.1. The highest BCUT2D eigenvalue weighted by molar-refractivity contribution is 5.97. The largest absolute Gasteiger partial charge is 0.357 e. The molecule has 1 aliphatic heterocycles. The van der Waals surface area contributed by atoms with Crippen molar-refractivity contribution in [2.75, 3.05) is 20.6 Å². The summed E-state index contributed by atoms with van der Waals surface area (Å²) in [6, 6.07) is 1.57. The van der Waals surface area contributed by atoms with Crippen LogP contribution in [0.25, 0.3) is 0 Å². The smallest absolute Gasteiger partial charge is 0.270 e. The number of carbonyl (C=O) groups excluding carboxylic acids is 2. The minimum atomic E-state index is -0.632. The Morgan fingerprint density at radius 3 is 2.42 bits per heavy atom. The zero-order valence-electron chi connectivity index (χ0n) is 20.8. The van der Waals surface area contributed by atoms with Gasteiger partial charge in [-0.2, -0.15) is 0 Å². The Morgan fingerprint density at radius 1 is 1.16 bits per heavy atom. The fourth-order valence-electron chi connectivity index (χ4n) is 3.97. The molecule has 31 heavy (non-hydrogen) atoms. The lowest BCUT2D eigenvalue weighted by Crippen LogP contribution is -2.53. The molecule has 0 fully saturated rings. The summed E-state index contributed by atoms with van der Waals surface area (Å²) >= 11 is 0. The van der Waals surface area contributed by atoms with Crippen molar-refractivity contribution < 1.29 is 9.59 Å². The lowest BCUT2D eigenvalue weighted by atomic mass is 9.85. The maximum atomic E-state index is 13.5. The van der Waals surface area contributed by atoms with Crippen molar-refractivity contribution in [1.82, 2.24) is 20.5 Å². The first-order chi connectivity index (χ1) is 14.3. The predicted molar refractivity (Wildman–Crippen MR) is 126 cm³/mol. The number of nitrogens with one attached hydrogen (secondary N) is 2. The molecule has 2 N–H and O–H groups in total. The van der Waals surface area contributed by atoms with Crippen LogP contribution in [0.2, 0.25) is 0 Å². The number of nitrogens with zero attached hydrogens (tertiary/aromatic N) is 2. The van der Waals surface area contributed by atoms with E-state index in [1.165, 1.54) is 5.56 Å². The summed E-state index contributed by atoms with van der Waals surface area (Å²) in [6.07, 6.45) is 5.06. The third-order valence-electron chi connectivity index (χ3n) is 5.93. The summed E-state index contributed by atoms with van der Waals surface area (Å²) in [5.74, 6) is -0.448. The van der Waals surface area contributed by atoms with Crippen molar-refractivity contribution in [1.29, 1.82) is 0 Å². The van der Waals surface area contributed by atoms with E-state index in [1.54, 1.807) is 7.05 Å². The van der Waals surface area contributed by atoms with E-state index < -0.39 is 11.5 Å². The molecule has 0 radical (unpaired) electrons. The van der Waals surface area contributed by atoms with Crippen LogP contribution in [0.15, 0.2) is 6.07 Å². The standard InChI is InChI=1S/C25H42N4O2/c1-24(2,3)13-12-18-15-17-11-9-10-14-29(8)16-19(17)20(27-18)22(30)28-21(23(31)26-7)25(4,5)6/h15,21H,9-14,16H2,1-8H3,(H,26,31)(H,28,30). The van der Waals surface area contributed by atoms with Gasteiger partial charge in [0.25, 0.3) is 5.91 Å². The summed E-state index contributed by atoms with van der Waals surface area (Å²) in [6.45, 7) is 14.2. The van der Waals surface area contributed by atoms with Crippen LogP contribution in [0.4, 0.5) is 0 Å². The van der Waals surface area contributed by atoms with Gasteiger partial charge in [0.05, 0.1) is 0 Å². The fraction of sp³-hybridized carbons (Fsp3) is 0.720. The Labute approximate surface area is 188 Å². The van der Waals surface area contributed by atoms with E-state index >= 15 is 0 Å². The molecule has 2 amide bonds. The third kappa shape index (κ3) is 7.30. The highest BCUT2D eigenvalue weighted by atomic mass is 16.2. The normalized spacial score (nSPS) is 16.6. The van der Waals surface area contributed by atoms with Crippen molar-refractivity contribution in [2.24, 2.45) is 10.8 Å². The van der Waals surface area contributed by atoms with Crippen LogP contribution in [0.1, 0.15) is 88.1 Å². The second-order valence-electron chi connectivity index (χ2n) is 11.2. The molecule has 6 nitrogen and oxygen atoms in total. The molecule has 0 aromatic carbocycles. The molecule has 0 aliphatic carbocycles. The molecule has 1 aliphatic rings. The van der Waals surface area contributed by atoms with Crippen LogP contribution < -0.4 is 10.6 Å². The number of aromatic nitrogens is 1.